The number of halogens is 1. The Morgan fingerprint density at radius 2 is 1.68 bits per heavy atom. The molecule has 0 saturated heterocycles. The molecule has 0 radical (unpaired) electrons. The van der Waals surface area contributed by atoms with Crippen LogP contribution in [0.2, 0.25) is 0 Å². The molecular formula is C26H26BrNO5S. The van der Waals surface area contributed by atoms with Gasteiger partial charge in [-0.15, -0.1) is 11.3 Å². The maximum atomic E-state index is 12.7. The molecule has 0 fully saturated rings. The summed E-state index contributed by atoms with van der Waals surface area (Å²) in [5.74, 6) is 0.438. The topological polar surface area (TPSA) is 73.9 Å². The standard InChI is InChI=1S/C26H26BrNO5S/c1-4-31-21-13-7-17(15-22(21)32-5-2)8-14-23(29)28-25-24(26(30)33-6-3)20(16-34-25)18-9-11-19(27)12-10-18/h7-16H,4-6H2,1-3H3,(H,28,29). The van der Waals surface area contributed by atoms with Crippen molar-refractivity contribution in [2.75, 3.05) is 25.1 Å². The van der Waals surface area contributed by atoms with Crippen molar-refractivity contribution in [3.63, 3.8) is 0 Å². The van der Waals surface area contributed by atoms with Crippen LogP contribution in [0.5, 0.6) is 11.5 Å². The third-order valence-corrected chi connectivity index (χ3v) is 6.08. The van der Waals surface area contributed by atoms with E-state index in [9.17, 15) is 9.59 Å². The second kappa shape index (κ2) is 12.4. The smallest absolute Gasteiger partial charge is 0.341 e. The van der Waals surface area contributed by atoms with Gasteiger partial charge in [0.2, 0.25) is 5.91 Å². The fourth-order valence-electron chi connectivity index (χ4n) is 3.19. The molecule has 1 amide bonds. The van der Waals surface area contributed by atoms with E-state index >= 15 is 0 Å². The highest BCUT2D eigenvalue weighted by molar-refractivity contribution is 9.10. The van der Waals surface area contributed by atoms with Gasteiger partial charge >= 0.3 is 5.97 Å². The second-order valence-electron chi connectivity index (χ2n) is 6.98. The predicted molar refractivity (Wildman–Crippen MR) is 140 cm³/mol. The Bertz CT molecular complexity index is 1170. The molecule has 3 rings (SSSR count). The van der Waals surface area contributed by atoms with Crippen LogP contribution in [0.4, 0.5) is 5.00 Å². The van der Waals surface area contributed by atoms with Gasteiger partial charge in [-0.05, 0) is 62.2 Å². The summed E-state index contributed by atoms with van der Waals surface area (Å²) in [6.07, 6.45) is 3.10. The van der Waals surface area contributed by atoms with Gasteiger partial charge in [-0.2, -0.15) is 0 Å². The predicted octanol–water partition coefficient (Wildman–Crippen LogP) is 6.80. The molecule has 1 N–H and O–H groups in total. The summed E-state index contributed by atoms with van der Waals surface area (Å²) in [7, 11) is 0. The molecule has 1 heterocycles. The first-order valence-corrected chi connectivity index (χ1v) is 12.6. The van der Waals surface area contributed by atoms with E-state index < -0.39 is 5.97 Å². The van der Waals surface area contributed by atoms with Crippen LogP contribution in [0.1, 0.15) is 36.7 Å². The molecule has 2 aromatic carbocycles. The van der Waals surface area contributed by atoms with Gasteiger partial charge in [0.25, 0.3) is 0 Å². The van der Waals surface area contributed by atoms with Crippen LogP contribution in [0.3, 0.4) is 0 Å². The number of hydrogen-bond donors (Lipinski definition) is 1. The molecule has 0 spiro atoms. The molecule has 0 aliphatic heterocycles. The number of benzene rings is 2. The van der Waals surface area contributed by atoms with E-state index in [0.29, 0.717) is 40.8 Å². The molecule has 178 valence electrons. The van der Waals surface area contributed by atoms with Crippen molar-refractivity contribution in [1.82, 2.24) is 0 Å². The molecular weight excluding hydrogens is 518 g/mol. The summed E-state index contributed by atoms with van der Waals surface area (Å²) < 4.78 is 17.4. The number of hydrogen-bond acceptors (Lipinski definition) is 6. The van der Waals surface area contributed by atoms with E-state index in [1.807, 2.05) is 61.7 Å². The van der Waals surface area contributed by atoms with E-state index in [1.54, 1.807) is 13.0 Å². The SMILES string of the molecule is CCOC(=O)c1c(-c2ccc(Br)cc2)csc1NC(=O)C=Cc1ccc(OCC)c(OCC)c1. The van der Waals surface area contributed by atoms with Crippen LogP contribution in [0, 0.1) is 0 Å². The Hall–Kier alpha value is -3.10. The summed E-state index contributed by atoms with van der Waals surface area (Å²) in [5, 5.41) is 5.10. The maximum Gasteiger partial charge on any atom is 0.341 e. The fourth-order valence-corrected chi connectivity index (χ4v) is 4.42. The van der Waals surface area contributed by atoms with Gasteiger partial charge in [0.05, 0.1) is 19.8 Å². The largest absolute Gasteiger partial charge is 0.490 e. The monoisotopic (exact) mass is 543 g/mol. The summed E-state index contributed by atoms with van der Waals surface area (Å²) in [6.45, 7) is 6.83. The van der Waals surface area contributed by atoms with Gasteiger partial charge in [0, 0.05) is 21.5 Å². The van der Waals surface area contributed by atoms with Crippen LogP contribution in [-0.2, 0) is 9.53 Å². The lowest BCUT2D eigenvalue weighted by atomic mass is 10.0. The zero-order valence-electron chi connectivity index (χ0n) is 19.2. The molecule has 3 aromatic rings. The average Bonchev–Trinajstić information content (AvgIpc) is 3.23. The van der Waals surface area contributed by atoms with Crippen LogP contribution in [0.25, 0.3) is 17.2 Å². The number of amides is 1. The van der Waals surface area contributed by atoms with Crippen molar-refractivity contribution in [1.29, 1.82) is 0 Å². The Labute approximate surface area is 211 Å². The van der Waals surface area contributed by atoms with Gasteiger partial charge in [-0.3, -0.25) is 4.79 Å². The molecule has 0 saturated carbocycles. The van der Waals surface area contributed by atoms with E-state index in [4.69, 9.17) is 14.2 Å². The van der Waals surface area contributed by atoms with Crippen molar-refractivity contribution >= 4 is 50.2 Å². The lowest BCUT2D eigenvalue weighted by molar-refractivity contribution is -0.111. The van der Waals surface area contributed by atoms with Gasteiger partial charge in [-0.1, -0.05) is 34.1 Å². The zero-order chi connectivity index (χ0) is 24.5. The molecule has 34 heavy (non-hydrogen) atoms. The molecule has 1 aromatic heterocycles. The first kappa shape index (κ1) is 25.5. The van der Waals surface area contributed by atoms with Crippen molar-refractivity contribution in [3.05, 3.63) is 69.5 Å². The van der Waals surface area contributed by atoms with Gasteiger partial charge in [0.1, 0.15) is 10.6 Å². The summed E-state index contributed by atoms with van der Waals surface area (Å²) in [5.41, 5.74) is 2.70. The minimum atomic E-state index is -0.478. The van der Waals surface area contributed by atoms with Gasteiger partial charge in [-0.25, -0.2) is 4.79 Å². The fraction of sp³-hybridized carbons (Fsp3) is 0.231. The van der Waals surface area contributed by atoms with Crippen molar-refractivity contribution < 1.29 is 23.8 Å². The van der Waals surface area contributed by atoms with Crippen LogP contribution in [-0.4, -0.2) is 31.7 Å². The van der Waals surface area contributed by atoms with Crippen LogP contribution >= 0.6 is 27.3 Å². The van der Waals surface area contributed by atoms with Gasteiger partial charge in [0.15, 0.2) is 11.5 Å². The van der Waals surface area contributed by atoms with Crippen molar-refractivity contribution in [2.45, 2.75) is 20.8 Å². The average molecular weight is 544 g/mol. The number of esters is 1. The highest BCUT2D eigenvalue weighted by Crippen LogP contribution is 2.37. The van der Waals surface area contributed by atoms with E-state index in [1.165, 1.54) is 17.4 Å². The maximum absolute atomic E-state index is 12.7. The number of thiophene rings is 1. The number of ether oxygens (including phenoxy) is 3. The highest BCUT2D eigenvalue weighted by atomic mass is 79.9. The number of carbonyl (C=O) groups excluding carboxylic acids is 2. The van der Waals surface area contributed by atoms with Crippen molar-refractivity contribution in [3.8, 4) is 22.6 Å². The third kappa shape index (κ3) is 6.48. The molecule has 0 aliphatic rings. The first-order chi connectivity index (χ1) is 16.5. The van der Waals surface area contributed by atoms with Crippen LogP contribution < -0.4 is 14.8 Å². The molecule has 6 nitrogen and oxygen atoms in total. The van der Waals surface area contributed by atoms with Gasteiger partial charge < -0.3 is 19.5 Å². The second-order valence-corrected chi connectivity index (χ2v) is 8.77. The minimum absolute atomic E-state index is 0.238. The number of nitrogens with one attached hydrogen (secondary N) is 1. The number of anilines is 1. The quantitative estimate of drug-likeness (QED) is 0.224. The minimum Gasteiger partial charge on any atom is -0.490 e. The summed E-state index contributed by atoms with van der Waals surface area (Å²) in [6, 6.07) is 13.1. The Morgan fingerprint density at radius 3 is 2.35 bits per heavy atom. The van der Waals surface area contributed by atoms with E-state index in [0.717, 1.165) is 15.6 Å². The Balaban J connectivity index is 1.83. The lowest BCUT2D eigenvalue weighted by Gasteiger charge is -2.11. The van der Waals surface area contributed by atoms with Crippen molar-refractivity contribution in [2.24, 2.45) is 0 Å². The zero-order valence-corrected chi connectivity index (χ0v) is 21.6. The highest BCUT2D eigenvalue weighted by Gasteiger charge is 2.22. The normalized spacial score (nSPS) is 10.8. The summed E-state index contributed by atoms with van der Waals surface area (Å²) in [4.78, 5) is 25.4. The van der Waals surface area contributed by atoms with Crippen LogP contribution in [0.15, 0.2) is 58.4 Å². The van der Waals surface area contributed by atoms with E-state index in [2.05, 4.69) is 21.2 Å². The molecule has 0 atom stereocenters. The Kier molecular flexibility index (Phi) is 9.30. The third-order valence-electron chi connectivity index (χ3n) is 4.66. The molecule has 8 heteroatoms. The first-order valence-electron chi connectivity index (χ1n) is 10.9. The summed E-state index contributed by atoms with van der Waals surface area (Å²) >= 11 is 4.70. The molecule has 0 bridgehead atoms. The molecule has 0 unspecified atom stereocenters. The van der Waals surface area contributed by atoms with E-state index in [-0.39, 0.29) is 12.5 Å². The molecule has 0 aliphatic carbocycles. The number of carbonyl (C=O) groups is 2. The number of rotatable bonds is 10. The Morgan fingerprint density at radius 1 is 0.971 bits per heavy atom. The lowest BCUT2D eigenvalue weighted by Crippen LogP contribution is -2.12.